The number of aryl methyl sites for hydroxylation is 1. The number of hydrogen-bond acceptors (Lipinski definition) is 4. The molecule has 1 aliphatic rings. The third-order valence-corrected chi connectivity index (χ3v) is 5.24. The molecule has 1 aromatic heterocycles. The average molecular weight is 282 g/mol. The molecule has 1 atom stereocenters. The molecule has 6 heteroatoms. The van der Waals surface area contributed by atoms with Crippen molar-refractivity contribution in [2.75, 3.05) is 18.8 Å². The van der Waals surface area contributed by atoms with Gasteiger partial charge in [0.1, 0.15) is 6.29 Å². The van der Waals surface area contributed by atoms with Gasteiger partial charge >= 0.3 is 0 Å². The second-order valence-electron chi connectivity index (χ2n) is 4.82. The van der Waals surface area contributed by atoms with Gasteiger partial charge in [0.15, 0.2) is 0 Å². The highest BCUT2D eigenvalue weighted by atomic mass is 32.2. The highest BCUT2D eigenvalue weighted by Crippen LogP contribution is 2.18. The van der Waals surface area contributed by atoms with Gasteiger partial charge < -0.3 is 4.79 Å². The molecule has 1 aromatic rings. The van der Waals surface area contributed by atoms with Gasteiger partial charge in [-0.05, 0) is 37.0 Å². The van der Waals surface area contributed by atoms with Crippen LogP contribution in [0, 0.1) is 5.92 Å². The summed E-state index contributed by atoms with van der Waals surface area (Å²) in [7, 11) is -3.27. The van der Waals surface area contributed by atoms with Crippen molar-refractivity contribution in [3.05, 3.63) is 30.1 Å². The molecule has 1 fully saturated rings. The molecule has 1 aliphatic heterocycles. The van der Waals surface area contributed by atoms with Crippen molar-refractivity contribution in [1.29, 1.82) is 0 Å². The number of carbonyl (C=O) groups excluding carboxylic acids is 1. The van der Waals surface area contributed by atoms with Gasteiger partial charge in [-0.2, -0.15) is 0 Å². The molecule has 19 heavy (non-hydrogen) atoms. The molecular formula is C13H18N2O3S. The maximum Gasteiger partial charge on any atom is 0.214 e. The molecule has 0 radical (unpaired) electrons. The lowest BCUT2D eigenvalue weighted by atomic mass is 10.0. The van der Waals surface area contributed by atoms with E-state index in [1.807, 2.05) is 12.1 Å². The molecule has 0 saturated carbocycles. The fourth-order valence-electron chi connectivity index (χ4n) is 2.26. The van der Waals surface area contributed by atoms with Crippen molar-refractivity contribution in [2.45, 2.75) is 19.3 Å². The highest BCUT2D eigenvalue weighted by Gasteiger charge is 2.28. The van der Waals surface area contributed by atoms with Gasteiger partial charge in [-0.3, -0.25) is 4.98 Å². The zero-order valence-corrected chi connectivity index (χ0v) is 11.6. The van der Waals surface area contributed by atoms with E-state index in [2.05, 4.69) is 4.98 Å². The van der Waals surface area contributed by atoms with Crippen molar-refractivity contribution in [3.63, 3.8) is 0 Å². The normalized spacial score (nSPS) is 21.2. The van der Waals surface area contributed by atoms with Gasteiger partial charge in [-0.1, -0.05) is 0 Å². The topological polar surface area (TPSA) is 67.3 Å². The Morgan fingerprint density at radius 3 is 2.79 bits per heavy atom. The van der Waals surface area contributed by atoms with Crippen LogP contribution < -0.4 is 0 Å². The Morgan fingerprint density at radius 2 is 2.11 bits per heavy atom. The average Bonchev–Trinajstić information content (AvgIpc) is 2.46. The summed E-state index contributed by atoms with van der Waals surface area (Å²) in [6, 6.07) is 3.64. The van der Waals surface area contributed by atoms with Crippen LogP contribution in [-0.4, -0.2) is 42.8 Å². The molecule has 2 rings (SSSR count). The third-order valence-electron chi connectivity index (χ3n) is 3.40. The van der Waals surface area contributed by atoms with Crippen molar-refractivity contribution >= 4 is 16.3 Å². The van der Waals surface area contributed by atoms with Crippen LogP contribution >= 0.6 is 0 Å². The Kier molecular flexibility index (Phi) is 4.66. The van der Waals surface area contributed by atoms with E-state index in [0.29, 0.717) is 19.5 Å². The van der Waals surface area contributed by atoms with Crippen LogP contribution in [0.25, 0.3) is 0 Å². The predicted octanol–water partition coefficient (Wildman–Crippen LogP) is 0.865. The second-order valence-corrected chi connectivity index (χ2v) is 6.91. The summed E-state index contributed by atoms with van der Waals surface area (Å²) in [4.78, 5) is 14.7. The quantitative estimate of drug-likeness (QED) is 0.751. The Hall–Kier alpha value is -1.27. The number of pyridine rings is 1. The standard InChI is InChI=1S/C13H18N2O3S/c16-11-13-2-1-8-15(10-13)19(17,18)9-5-12-3-6-14-7-4-12/h3-4,6-7,11,13H,1-2,5,8-10H2. The summed E-state index contributed by atoms with van der Waals surface area (Å²) in [5.41, 5.74) is 0.961. The van der Waals surface area contributed by atoms with Crippen LogP contribution in [0.5, 0.6) is 0 Å². The lowest BCUT2D eigenvalue weighted by molar-refractivity contribution is -0.112. The van der Waals surface area contributed by atoms with Gasteiger partial charge in [0.05, 0.1) is 5.75 Å². The van der Waals surface area contributed by atoms with Crippen LogP contribution in [0.4, 0.5) is 0 Å². The van der Waals surface area contributed by atoms with Crippen molar-refractivity contribution in [3.8, 4) is 0 Å². The maximum atomic E-state index is 12.2. The van der Waals surface area contributed by atoms with Gasteiger partial charge in [-0.25, -0.2) is 12.7 Å². The Labute approximate surface area is 113 Å². The molecule has 0 N–H and O–H groups in total. The van der Waals surface area contributed by atoms with Gasteiger partial charge in [-0.15, -0.1) is 0 Å². The number of aromatic nitrogens is 1. The van der Waals surface area contributed by atoms with Gasteiger partial charge in [0, 0.05) is 31.4 Å². The lowest BCUT2D eigenvalue weighted by Gasteiger charge is -2.29. The van der Waals surface area contributed by atoms with Crippen LogP contribution in [-0.2, 0) is 21.2 Å². The summed E-state index contributed by atoms with van der Waals surface area (Å²) in [5.74, 6) is -0.0628. The van der Waals surface area contributed by atoms with Crippen LogP contribution in [0.15, 0.2) is 24.5 Å². The minimum Gasteiger partial charge on any atom is -0.303 e. The molecule has 5 nitrogen and oxygen atoms in total. The molecule has 0 amide bonds. The molecule has 1 unspecified atom stereocenters. The summed E-state index contributed by atoms with van der Waals surface area (Å²) in [6.07, 6.45) is 6.21. The van der Waals surface area contributed by atoms with Crippen LogP contribution in [0.3, 0.4) is 0 Å². The van der Waals surface area contributed by atoms with Gasteiger partial charge in [0.2, 0.25) is 10.0 Å². The van der Waals surface area contributed by atoms with Crippen molar-refractivity contribution in [1.82, 2.24) is 9.29 Å². The van der Waals surface area contributed by atoms with E-state index in [-0.39, 0.29) is 11.7 Å². The molecule has 0 bridgehead atoms. The van der Waals surface area contributed by atoms with Crippen molar-refractivity contribution in [2.24, 2.45) is 5.92 Å². The number of carbonyl (C=O) groups is 1. The Bertz CT molecular complexity index is 516. The van der Waals surface area contributed by atoms with E-state index in [9.17, 15) is 13.2 Å². The minimum absolute atomic E-state index is 0.0859. The number of rotatable bonds is 5. The third kappa shape index (κ3) is 3.84. The molecule has 2 heterocycles. The monoisotopic (exact) mass is 282 g/mol. The Morgan fingerprint density at radius 1 is 1.37 bits per heavy atom. The molecule has 0 aromatic carbocycles. The fraction of sp³-hybridized carbons (Fsp3) is 0.538. The lowest BCUT2D eigenvalue weighted by Crippen LogP contribution is -2.41. The smallest absolute Gasteiger partial charge is 0.214 e. The fourth-order valence-corrected chi connectivity index (χ4v) is 3.84. The number of sulfonamides is 1. The first-order valence-electron chi connectivity index (χ1n) is 6.44. The molecule has 1 saturated heterocycles. The van der Waals surface area contributed by atoms with Crippen LogP contribution in [0.2, 0.25) is 0 Å². The summed E-state index contributed by atoms with van der Waals surface area (Å²) >= 11 is 0. The van der Waals surface area contributed by atoms with Crippen molar-refractivity contribution < 1.29 is 13.2 Å². The van der Waals surface area contributed by atoms with E-state index in [1.165, 1.54) is 4.31 Å². The largest absolute Gasteiger partial charge is 0.303 e. The van der Waals surface area contributed by atoms with E-state index >= 15 is 0 Å². The SMILES string of the molecule is O=CC1CCCN(S(=O)(=O)CCc2ccncc2)C1. The van der Waals surface area contributed by atoms with E-state index in [1.54, 1.807) is 12.4 Å². The molecule has 0 spiro atoms. The zero-order chi connectivity index (χ0) is 13.7. The van der Waals surface area contributed by atoms with Crippen LogP contribution in [0.1, 0.15) is 18.4 Å². The zero-order valence-electron chi connectivity index (χ0n) is 10.7. The summed E-state index contributed by atoms with van der Waals surface area (Å²) < 4.78 is 25.9. The summed E-state index contributed by atoms with van der Waals surface area (Å²) in [6.45, 7) is 0.866. The first-order chi connectivity index (χ1) is 9.12. The maximum absolute atomic E-state index is 12.2. The summed E-state index contributed by atoms with van der Waals surface area (Å²) in [5, 5.41) is 0. The minimum atomic E-state index is -3.27. The number of piperidine rings is 1. The number of hydrogen-bond donors (Lipinski definition) is 0. The van der Waals surface area contributed by atoms with E-state index in [4.69, 9.17) is 0 Å². The second kappa shape index (κ2) is 6.25. The first-order valence-corrected chi connectivity index (χ1v) is 8.05. The molecule has 104 valence electrons. The Balaban J connectivity index is 1.96. The molecule has 0 aliphatic carbocycles. The van der Waals surface area contributed by atoms with E-state index in [0.717, 1.165) is 24.7 Å². The number of aldehydes is 1. The number of nitrogens with zero attached hydrogens (tertiary/aromatic N) is 2. The van der Waals surface area contributed by atoms with E-state index < -0.39 is 10.0 Å². The first kappa shape index (κ1) is 14.1. The predicted molar refractivity (Wildman–Crippen MR) is 72.1 cm³/mol. The molecular weight excluding hydrogens is 264 g/mol. The van der Waals surface area contributed by atoms with Gasteiger partial charge in [0.25, 0.3) is 0 Å². The highest BCUT2D eigenvalue weighted by molar-refractivity contribution is 7.89.